The van der Waals surface area contributed by atoms with Crippen molar-refractivity contribution in [3.63, 3.8) is 0 Å². The second kappa shape index (κ2) is 12.9. The number of carbonyl (C=O) groups excluding carboxylic acids is 2. The van der Waals surface area contributed by atoms with Gasteiger partial charge in [0.05, 0.1) is 0 Å². The summed E-state index contributed by atoms with van der Waals surface area (Å²) in [5.41, 5.74) is 5.09. The fraction of sp³-hybridized carbons (Fsp3) is 0.290. The SMILES string of the molecule is COCCCN(CC(=O)N(CCc1c[nH]c2ccccc12)Cc1ccc(C)cc1)C(=O)c1ccccc1. The van der Waals surface area contributed by atoms with Crippen LogP contribution in [0.5, 0.6) is 0 Å². The Morgan fingerprint density at radius 3 is 2.35 bits per heavy atom. The number of benzene rings is 3. The zero-order chi connectivity index (χ0) is 26.0. The number of H-pyrrole nitrogens is 1. The number of ether oxygens (including phenoxy) is 1. The van der Waals surface area contributed by atoms with E-state index in [2.05, 4.69) is 48.3 Å². The predicted molar refractivity (Wildman–Crippen MR) is 147 cm³/mol. The van der Waals surface area contributed by atoms with E-state index in [1.54, 1.807) is 24.1 Å². The second-order valence-electron chi connectivity index (χ2n) is 9.35. The van der Waals surface area contributed by atoms with Gasteiger partial charge >= 0.3 is 0 Å². The first kappa shape index (κ1) is 26.2. The molecule has 4 rings (SSSR count). The third kappa shape index (κ3) is 7.08. The Kier molecular flexibility index (Phi) is 9.11. The summed E-state index contributed by atoms with van der Waals surface area (Å²) in [6.07, 6.45) is 3.41. The molecule has 1 heterocycles. The van der Waals surface area contributed by atoms with Crippen LogP contribution in [0.4, 0.5) is 0 Å². The number of aryl methyl sites for hydroxylation is 1. The van der Waals surface area contributed by atoms with Crippen LogP contribution < -0.4 is 0 Å². The molecule has 0 bridgehead atoms. The van der Waals surface area contributed by atoms with E-state index >= 15 is 0 Å². The zero-order valence-corrected chi connectivity index (χ0v) is 21.7. The molecular weight excluding hydrogens is 462 g/mol. The molecule has 192 valence electrons. The molecule has 37 heavy (non-hydrogen) atoms. The minimum Gasteiger partial charge on any atom is -0.385 e. The van der Waals surface area contributed by atoms with E-state index in [9.17, 15) is 9.59 Å². The number of nitrogens with zero attached hydrogens (tertiary/aromatic N) is 2. The number of rotatable bonds is 12. The monoisotopic (exact) mass is 497 g/mol. The smallest absolute Gasteiger partial charge is 0.254 e. The molecule has 6 nitrogen and oxygen atoms in total. The third-order valence-electron chi connectivity index (χ3n) is 6.58. The van der Waals surface area contributed by atoms with Crippen molar-refractivity contribution in [2.75, 3.05) is 33.4 Å². The normalized spacial score (nSPS) is 11.0. The fourth-order valence-corrected chi connectivity index (χ4v) is 4.48. The van der Waals surface area contributed by atoms with Gasteiger partial charge in [-0.2, -0.15) is 0 Å². The molecule has 1 aromatic heterocycles. The van der Waals surface area contributed by atoms with Crippen LogP contribution in [0.1, 0.15) is 33.5 Å². The average molecular weight is 498 g/mol. The summed E-state index contributed by atoms with van der Waals surface area (Å²) in [5.74, 6) is -0.209. The van der Waals surface area contributed by atoms with Gasteiger partial charge < -0.3 is 19.5 Å². The first-order valence-corrected chi connectivity index (χ1v) is 12.8. The highest BCUT2D eigenvalue weighted by molar-refractivity contribution is 5.96. The summed E-state index contributed by atoms with van der Waals surface area (Å²) in [6.45, 7) is 4.11. The molecular formula is C31H35N3O3. The standard InChI is InChI=1S/C31H35N3O3/c1-24-13-15-25(16-14-24)22-33(19-17-27-21-32-29-12-7-6-11-28(27)29)30(35)23-34(18-8-20-37-2)31(36)26-9-4-3-5-10-26/h3-7,9-16,21,32H,8,17-20,22-23H2,1-2H3. The van der Waals surface area contributed by atoms with Crippen molar-refractivity contribution < 1.29 is 14.3 Å². The Balaban J connectivity index is 1.53. The van der Waals surface area contributed by atoms with Gasteiger partial charge in [-0.3, -0.25) is 9.59 Å². The van der Waals surface area contributed by atoms with Crippen molar-refractivity contribution in [3.8, 4) is 0 Å². The van der Waals surface area contributed by atoms with E-state index in [-0.39, 0.29) is 18.4 Å². The van der Waals surface area contributed by atoms with Crippen LogP contribution in [-0.4, -0.2) is 59.9 Å². The Labute approximate surface area is 218 Å². The number of hydrogen-bond donors (Lipinski definition) is 1. The van der Waals surface area contributed by atoms with Crippen molar-refractivity contribution in [1.29, 1.82) is 0 Å². The maximum atomic E-state index is 13.7. The average Bonchev–Trinajstić information content (AvgIpc) is 3.34. The van der Waals surface area contributed by atoms with Gasteiger partial charge in [0.25, 0.3) is 5.91 Å². The molecule has 1 N–H and O–H groups in total. The molecule has 3 aromatic carbocycles. The van der Waals surface area contributed by atoms with Crippen LogP contribution in [0, 0.1) is 6.92 Å². The van der Waals surface area contributed by atoms with Gasteiger partial charge in [-0.25, -0.2) is 0 Å². The lowest BCUT2D eigenvalue weighted by Crippen LogP contribution is -2.44. The molecule has 0 atom stereocenters. The summed E-state index contributed by atoms with van der Waals surface area (Å²) >= 11 is 0. The van der Waals surface area contributed by atoms with Gasteiger partial charge in [-0.15, -0.1) is 0 Å². The van der Waals surface area contributed by atoms with Gasteiger partial charge in [0.1, 0.15) is 6.54 Å². The first-order valence-electron chi connectivity index (χ1n) is 12.8. The summed E-state index contributed by atoms with van der Waals surface area (Å²) < 4.78 is 5.20. The molecule has 0 aliphatic rings. The molecule has 0 fully saturated rings. The lowest BCUT2D eigenvalue weighted by molar-refractivity contribution is -0.132. The Morgan fingerprint density at radius 1 is 0.865 bits per heavy atom. The van der Waals surface area contributed by atoms with Crippen molar-refractivity contribution in [2.45, 2.75) is 26.3 Å². The van der Waals surface area contributed by atoms with E-state index in [1.165, 1.54) is 16.5 Å². The quantitative estimate of drug-likeness (QED) is 0.273. The van der Waals surface area contributed by atoms with E-state index in [0.717, 1.165) is 17.5 Å². The maximum absolute atomic E-state index is 13.7. The number of carbonyl (C=O) groups is 2. The molecule has 0 aliphatic heterocycles. The van der Waals surface area contributed by atoms with Gasteiger partial charge in [-0.1, -0.05) is 66.2 Å². The number of aromatic nitrogens is 1. The molecule has 0 radical (unpaired) electrons. The first-order chi connectivity index (χ1) is 18.0. The second-order valence-corrected chi connectivity index (χ2v) is 9.35. The Bertz CT molecular complexity index is 1300. The number of nitrogens with one attached hydrogen (secondary N) is 1. The Morgan fingerprint density at radius 2 is 1.59 bits per heavy atom. The summed E-state index contributed by atoms with van der Waals surface area (Å²) in [6, 6.07) is 25.6. The van der Waals surface area contributed by atoms with E-state index in [1.807, 2.05) is 41.4 Å². The van der Waals surface area contributed by atoms with Crippen LogP contribution in [0.25, 0.3) is 10.9 Å². The van der Waals surface area contributed by atoms with E-state index in [0.29, 0.717) is 38.2 Å². The van der Waals surface area contributed by atoms with Gasteiger partial charge in [0.15, 0.2) is 0 Å². The molecule has 2 amide bonds. The predicted octanol–water partition coefficient (Wildman–Crippen LogP) is 5.23. The van der Waals surface area contributed by atoms with E-state index < -0.39 is 0 Å². The molecule has 0 aliphatic carbocycles. The third-order valence-corrected chi connectivity index (χ3v) is 6.58. The summed E-state index contributed by atoms with van der Waals surface area (Å²) in [4.78, 5) is 33.8. The minimum absolute atomic E-state index is 0.0250. The van der Waals surface area contributed by atoms with Crippen molar-refractivity contribution in [3.05, 3.63) is 107 Å². The number of methoxy groups -OCH3 is 1. The lowest BCUT2D eigenvalue weighted by Gasteiger charge is -2.28. The largest absolute Gasteiger partial charge is 0.385 e. The number of para-hydroxylation sites is 1. The van der Waals surface area contributed by atoms with Crippen LogP contribution >= 0.6 is 0 Å². The number of fused-ring (bicyclic) bond motifs is 1. The molecule has 6 heteroatoms. The van der Waals surface area contributed by atoms with Crippen molar-refractivity contribution in [2.24, 2.45) is 0 Å². The highest BCUT2D eigenvalue weighted by atomic mass is 16.5. The fourth-order valence-electron chi connectivity index (χ4n) is 4.48. The minimum atomic E-state index is -0.142. The number of hydrogen-bond acceptors (Lipinski definition) is 3. The maximum Gasteiger partial charge on any atom is 0.254 e. The summed E-state index contributed by atoms with van der Waals surface area (Å²) in [7, 11) is 1.64. The van der Waals surface area contributed by atoms with Crippen LogP contribution in [0.3, 0.4) is 0 Å². The summed E-state index contributed by atoms with van der Waals surface area (Å²) in [5, 5.41) is 1.17. The van der Waals surface area contributed by atoms with Gasteiger partial charge in [0, 0.05) is 56.0 Å². The van der Waals surface area contributed by atoms with Gasteiger partial charge in [-0.05, 0) is 49.1 Å². The molecule has 0 saturated carbocycles. The highest BCUT2D eigenvalue weighted by Crippen LogP contribution is 2.19. The molecule has 0 unspecified atom stereocenters. The van der Waals surface area contributed by atoms with Crippen molar-refractivity contribution >= 4 is 22.7 Å². The highest BCUT2D eigenvalue weighted by Gasteiger charge is 2.23. The molecule has 0 spiro atoms. The zero-order valence-electron chi connectivity index (χ0n) is 21.7. The molecule has 4 aromatic rings. The van der Waals surface area contributed by atoms with Crippen LogP contribution in [-0.2, 0) is 22.5 Å². The van der Waals surface area contributed by atoms with Gasteiger partial charge in [0.2, 0.25) is 5.91 Å². The lowest BCUT2D eigenvalue weighted by atomic mass is 10.1. The topological polar surface area (TPSA) is 65.6 Å². The van der Waals surface area contributed by atoms with Crippen LogP contribution in [0.15, 0.2) is 85.1 Å². The molecule has 0 saturated heterocycles. The Hall–Kier alpha value is -3.90. The number of aromatic amines is 1. The number of amides is 2. The van der Waals surface area contributed by atoms with Crippen LogP contribution in [0.2, 0.25) is 0 Å². The van der Waals surface area contributed by atoms with Crippen molar-refractivity contribution in [1.82, 2.24) is 14.8 Å². The van der Waals surface area contributed by atoms with E-state index in [4.69, 9.17) is 4.74 Å².